The molecule has 0 bridgehead atoms. The van der Waals surface area contributed by atoms with Crippen molar-refractivity contribution in [1.29, 1.82) is 0 Å². The Morgan fingerprint density at radius 1 is 0.971 bits per heavy atom. The molecular formula is C27H28N6OS. The van der Waals surface area contributed by atoms with E-state index in [0.717, 1.165) is 47.1 Å². The summed E-state index contributed by atoms with van der Waals surface area (Å²) >= 11 is 1.42. The number of hydrogen-bond donors (Lipinski definition) is 1. The maximum atomic E-state index is 13.1. The Bertz CT molecular complexity index is 1490. The Hall–Kier alpha value is -3.65. The smallest absolute Gasteiger partial charge is 0.237 e. The molecule has 1 atom stereocenters. The molecule has 7 nitrogen and oxygen atoms in total. The molecule has 178 valence electrons. The zero-order valence-corrected chi connectivity index (χ0v) is 20.9. The van der Waals surface area contributed by atoms with Gasteiger partial charge in [0.05, 0.1) is 5.25 Å². The van der Waals surface area contributed by atoms with Crippen LogP contribution in [0.5, 0.6) is 0 Å². The Balaban J connectivity index is 1.37. The van der Waals surface area contributed by atoms with Crippen LogP contribution in [0.3, 0.4) is 0 Å². The number of fused-ring (bicyclic) bond motifs is 3. The second-order valence-electron chi connectivity index (χ2n) is 8.44. The van der Waals surface area contributed by atoms with Crippen molar-refractivity contribution in [3.8, 4) is 11.4 Å². The topological polar surface area (TPSA) is 77.6 Å². The average molecular weight is 485 g/mol. The van der Waals surface area contributed by atoms with Crippen LogP contribution in [0.1, 0.15) is 27.2 Å². The number of benzene rings is 2. The zero-order chi connectivity index (χ0) is 24.4. The van der Waals surface area contributed by atoms with Crippen molar-refractivity contribution in [2.45, 2.75) is 50.7 Å². The lowest BCUT2D eigenvalue weighted by Gasteiger charge is -2.13. The van der Waals surface area contributed by atoms with Gasteiger partial charge >= 0.3 is 0 Å². The fraction of sp³-hybridized carbons (Fsp3) is 0.259. The molecule has 0 aliphatic heterocycles. The van der Waals surface area contributed by atoms with Crippen LogP contribution < -0.4 is 5.32 Å². The summed E-state index contributed by atoms with van der Waals surface area (Å²) in [6, 6.07) is 18.4. The summed E-state index contributed by atoms with van der Waals surface area (Å²) in [5.41, 5.74) is 4.13. The Morgan fingerprint density at radius 3 is 2.51 bits per heavy atom. The lowest BCUT2D eigenvalue weighted by Crippen LogP contribution is -2.23. The van der Waals surface area contributed by atoms with E-state index < -0.39 is 0 Å². The van der Waals surface area contributed by atoms with Crippen LogP contribution in [-0.2, 0) is 17.9 Å². The monoisotopic (exact) mass is 484 g/mol. The molecule has 0 aliphatic rings. The third-order valence-corrected chi connectivity index (χ3v) is 7.19. The molecule has 1 N–H and O–H groups in total. The summed E-state index contributed by atoms with van der Waals surface area (Å²) in [7, 11) is 0. The molecule has 0 aliphatic carbocycles. The van der Waals surface area contributed by atoms with Gasteiger partial charge in [0.15, 0.2) is 11.0 Å². The highest BCUT2D eigenvalue weighted by atomic mass is 32.2. The van der Waals surface area contributed by atoms with E-state index in [4.69, 9.17) is 0 Å². The van der Waals surface area contributed by atoms with Crippen LogP contribution in [0, 0.1) is 0 Å². The van der Waals surface area contributed by atoms with E-state index >= 15 is 0 Å². The lowest BCUT2D eigenvalue weighted by atomic mass is 10.1. The molecule has 1 unspecified atom stereocenters. The van der Waals surface area contributed by atoms with Crippen molar-refractivity contribution in [2.75, 3.05) is 5.32 Å². The minimum absolute atomic E-state index is 0.0647. The summed E-state index contributed by atoms with van der Waals surface area (Å²) in [5, 5.41) is 14.6. The molecule has 0 radical (unpaired) electrons. The second kappa shape index (κ2) is 9.92. The fourth-order valence-electron chi connectivity index (χ4n) is 4.44. The van der Waals surface area contributed by atoms with Crippen LogP contribution in [0.4, 0.5) is 5.69 Å². The zero-order valence-electron chi connectivity index (χ0n) is 20.1. The number of carbonyl (C=O) groups excluding carboxylic acids is 1. The number of carbonyl (C=O) groups is 1. The summed E-state index contributed by atoms with van der Waals surface area (Å²) < 4.78 is 4.38. The molecule has 35 heavy (non-hydrogen) atoms. The molecule has 3 heterocycles. The SMILES string of the molecule is CCCn1c(SC(C)C(=O)Nc2ccc3c(c2)c2ccccc2n3CC)nnc1-c1ccncc1. The summed E-state index contributed by atoms with van der Waals surface area (Å²) in [4.78, 5) is 17.2. The van der Waals surface area contributed by atoms with E-state index in [0.29, 0.717) is 0 Å². The normalized spacial score (nSPS) is 12.3. The van der Waals surface area contributed by atoms with Crippen LogP contribution in [-0.4, -0.2) is 35.5 Å². The minimum Gasteiger partial charge on any atom is -0.341 e. The quantitative estimate of drug-likeness (QED) is 0.273. The molecular weight excluding hydrogens is 456 g/mol. The Morgan fingerprint density at radius 2 is 1.74 bits per heavy atom. The minimum atomic E-state index is -0.340. The standard InChI is InChI=1S/C27H28N6OS/c1-4-16-33-25(19-12-14-28-15-13-19)30-31-27(33)35-18(3)26(34)29-20-10-11-24-22(17-20)21-8-6-7-9-23(21)32(24)5-2/h6-15,17-18H,4-5,16H2,1-3H3,(H,29,34). The number of aryl methyl sites for hydroxylation is 1. The van der Waals surface area contributed by atoms with Gasteiger partial charge in [-0.3, -0.25) is 9.78 Å². The van der Waals surface area contributed by atoms with Gasteiger partial charge in [0.2, 0.25) is 5.91 Å². The highest BCUT2D eigenvalue weighted by Gasteiger charge is 2.21. The van der Waals surface area contributed by atoms with E-state index in [1.807, 2.05) is 25.1 Å². The van der Waals surface area contributed by atoms with E-state index in [1.54, 1.807) is 12.4 Å². The number of hydrogen-bond acceptors (Lipinski definition) is 5. The van der Waals surface area contributed by atoms with Gasteiger partial charge < -0.3 is 14.5 Å². The fourth-order valence-corrected chi connectivity index (χ4v) is 5.32. The van der Waals surface area contributed by atoms with E-state index in [2.05, 4.69) is 79.9 Å². The molecule has 0 saturated heterocycles. The van der Waals surface area contributed by atoms with E-state index in [9.17, 15) is 4.79 Å². The van der Waals surface area contributed by atoms with Crippen LogP contribution in [0.2, 0.25) is 0 Å². The largest absolute Gasteiger partial charge is 0.341 e. The molecule has 0 fully saturated rings. The highest BCUT2D eigenvalue weighted by molar-refractivity contribution is 8.00. The lowest BCUT2D eigenvalue weighted by molar-refractivity contribution is -0.115. The number of para-hydroxylation sites is 1. The molecule has 3 aromatic heterocycles. The van der Waals surface area contributed by atoms with Crippen molar-refractivity contribution in [3.63, 3.8) is 0 Å². The Labute approximate surface area is 208 Å². The maximum absolute atomic E-state index is 13.1. The third-order valence-electron chi connectivity index (χ3n) is 6.11. The Kier molecular flexibility index (Phi) is 6.55. The van der Waals surface area contributed by atoms with E-state index in [1.165, 1.54) is 28.2 Å². The van der Waals surface area contributed by atoms with Crippen molar-refractivity contribution in [2.24, 2.45) is 0 Å². The molecule has 5 rings (SSSR count). The van der Waals surface area contributed by atoms with Crippen molar-refractivity contribution in [1.82, 2.24) is 24.3 Å². The number of nitrogens with one attached hydrogen (secondary N) is 1. The first-order chi connectivity index (χ1) is 17.1. The summed E-state index contributed by atoms with van der Waals surface area (Å²) in [5.74, 6) is 0.729. The van der Waals surface area contributed by atoms with Crippen LogP contribution in [0.25, 0.3) is 33.2 Å². The third kappa shape index (κ3) is 4.41. The second-order valence-corrected chi connectivity index (χ2v) is 9.74. The first-order valence-corrected chi connectivity index (χ1v) is 12.8. The predicted molar refractivity (Wildman–Crippen MR) is 143 cm³/mol. The molecule has 0 spiro atoms. The molecule has 5 aromatic rings. The number of amides is 1. The number of anilines is 1. The number of pyridine rings is 1. The van der Waals surface area contributed by atoms with E-state index in [-0.39, 0.29) is 11.2 Å². The van der Waals surface area contributed by atoms with Gasteiger partial charge in [-0.1, -0.05) is 36.9 Å². The van der Waals surface area contributed by atoms with Crippen LogP contribution in [0.15, 0.2) is 72.1 Å². The molecule has 2 aromatic carbocycles. The van der Waals surface area contributed by atoms with Crippen LogP contribution >= 0.6 is 11.8 Å². The van der Waals surface area contributed by atoms with Gasteiger partial charge in [0.25, 0.3) is 0 Å². The number of nitrogens with zero attached hydrogens (tertiary/aromatic N) is 5. The highest BCUT2D eigenvalue weighted by Crippen LogP contribution is 2.32. The summed E-state index contributed by atoms with van der Waals surface area (Å²) in [6.45, 7) is 7.84. The van der Waals surface area contributed by atoms with Gasteiger partial charge in [-0.05, 0) is 56.7 Å². The first-order valence-electron chi connectivity index (χ1n) is 11.9. The van der Waals surface area contributed by atoms with Gasteiger partial charge in [-0.2, -0.15) is 0 Å². The van der Waals surface area contributed by atoms with Crippen molar-refractivity contribution in [3.05, 3.63) is 67.0 Å². The molecule has 1 amide bonds. The number of aromatic nitrogens is 5. The van der Waals surface area contributed by atoms with Gasteiger partial charge in [0.1, 0.15) is 0 Å². The molecule has 8 heteroatoms. The summed E-state index contributed by atoms with van der Waals surface area (Å²) in [6.07, 6.45) is 4.44. The van der Waals surface area contributed by atoms with Gasteiger partial charge in [-0.15, -0.1) is 10.2 Å². The van der Waals surface area contributed by atoms with Gasteiger partial charge in [0, 0.05) is 58.5 Å². The predicted octanol–water partition coefficient (Wildman–Crippen LogP) is 6.00. The van der Waals surface area contributed by atoms with Crippen molar-refractivity contribution < 1.29 is 4.79 Å². The first kappa shape index (κ1) is 23.1. The number of thioether (sulfide) groups is 1. The van der Waals surface area contributed by atoms with Gasteiger partial charge in [-0.25, -0.2) is 0 Å². The average Bonchev–Trinajstić information content (AvgIpc) is 3.43. The molecule has 0 saturated carbocycles. The maximum Gasteiger partial charge on any atom is 0.237 e. The number of rotatable bonds is 8. The van der Waals surface area contributed by atoms with Crippen molar-refractivity contribution >= 4 is 45.2 Å².